The van der Waals surface area contributed by atoms with E-state index in [0.717, 1.165) is 5.69 Å². The molecule has 1 aliphatic rings. The van der Waals surface area contributed by atoms with Crippen molar-refractivity contribution in [2.24, 2.45) is 0 Å². The summed E-state index contributed by atoms with van der Waals surface area (Å²) in [6.45, 7) is 4.25. The molecular weight excluding hydrogens is 264 g/mol. The van der Waals surface area contributed by atoms with Gasteiger partial charge in [0.15, 0.2) is 0 Å². The highest BCUT2D eigenvalue weighted by atomic mass is 32.2. The van der Waals surface area contributed by atoms with E-state index in [2.05, 4.69) is 20.8 Å². The Morgan fingerprint density at radius 3 is 3.05 bits per heavy atom. The number of carbonyl (C=O) groups is 2. The monoisotopic (exact) mass is 282 g/mol. The summed E-state index contributed by atoms with van der Waals surface area (Å²) in [5.41, 5.74) is 0.975. The molecule has 1 aliphatic heterocycles. The lowest BCUT2D eigenvalue weighted by atomic mass is 10.1. The molecule has 2 amide bonds. The minimum atomic E-state index is -0.452. The molecule has 1 fully saturated rings. The van der Waals surface area contributed by atoms with Crippen LogP contribution < -0.4 is 10.6 Å². The quantitative estimate of drug-likeness (QED) is 0.730. The van der Waals surface area contributed by atoms with Crippen molar-refractivity contribution in [3.8, 4) is 0 Å². The van der Waals surface area contributed by atoms with Gasteiger partial charge in [0.1, 0.15) is 6.04 Å². The Labute approximate surface area is 116 Å². The summed E-state index contributed by atoms with van der Waals surface area (Å²) in [4.78, 5) is 23.7. The second-order valence-electron chi connectivity index (χ2n) is 4.97. The molecule has 1 aromatic rings. The third-order valence-corrected chi connectivity index (χ3v) is 4.44. The topological polar surface area (TPSA) is 86.9 Å². The van der Waals surface area contributed by atoms with Gasteiger partial charge in [-0.2, -0.15) is 5.10 Å². The van der Waals surface area contributed by atoms with Crippen molar-refractivity contribution in [3.63, 3.8) is 0 Å². The number of hydrogen-bond donors (Lipinski definition) is 3. The first-order valence-corrected chi connectivity index (χ1v) is 7.18. The number of rotatable bonds is 4. The van der Waals surface area contributed by atoms with Crippen molar-refractivity contribution < 1.29 is 9.59 Å². The van der Waals surface area contributed by atoms with E-state index in [1.54, 1.807) is 6.20 Å². The second-order valence-corrected chi connectivity index (χ2v) is 6.61. The summed E-state index contributed by atoms with van der Waals surface area (Å²) in [7, 11) is 0. The third kappa shape index (κ3) is 3.50. The van der Waals surface area contributed by atoms with Crippen molar-refractivity contribution in [3.05, 3.63) is 18.0 Å². The summed E-state index contributed by atoms with van der Waals surface area (Å²) in [6.07, 6.45) is 2.38. The molecule has 1 atom stereocenters. The van der Waals surface area contributed by atoms with Crippen LogP contribution in [0.3, 0.4) is 0 Å². The Morgan fingerprint density at radius 2 is 2.42 bits per heavy atom. The predicted molar refractivity (Wildman–Crippen MR) is 73.8 cm³/mol. The zero-order valence-electron chi connectivity index (χ0n) is 11.0. The minimum Gasteiger partial charge on any atom is -0.354 e. The van der Waals surface area contributed by atoms with Crippen LogP contribution in [0.15, 0.2) is 12.3 Å². The lowest BCUT2D eigenvalue weighted by Gasteiger charge is -2.32. The summed E-state index contributed by atoms with van der Waals surface area (Å²) in [6, 6.07) is 1.43. The number of hydrogen-bond acceptors (Lipinski definition) is 4. The Kier molecular flexibility index (Phi) is 4.14. The molecule has 0 aromatic carbocycles. The molecule has 1 aromatic heterocycles. The molecule has 0 saturated carbocycles. The molecule has 19 heavy (non-hydrogen) atoms. The van der Waals surface area contributed by atoms with E-state index in [1.165, 1.54) is 11.8 Å². The normalized spacial score (nSPS) is 21.8. The van der Waals surface area contributed by atoms with E-state index in [1.807, 2.05) is 19.9 Å². The number of aromatic nitrogens is 2. The van der Waals surface area contributed by atoms with Gasteiger partial charge in [-0.1, -0.05) is 0 Å². The molecule has 2 rings (SSSR count). The largest absolute Gasteiger partial charge is 0.354 e. The molecule has 7 heteroatoms. The first kappa shape index (κ1) is 13.9. The van der Waals surface area contributed by atoms with Gasteiger partial charge in [0.25, 0.3) is 0 Å². The molecule has 6 nitrogen and oxygen atoms in total. The molecule has 0 aliphatic carbocycles. The van der Waals surface area contributed by atoms with E-state index in [0.29, 0.717) is 18.7 Å². The van der Waals surface area contributed by atoms with Gasteiger partial charge < -0.3 is 10.6 Å². The zero-order chi connectivity index (χ0) is 13.9. The average molecular weight is 282 g/mol. The Balaban J connectivity index is 1.76. The maximum absolute atomic E-state index is 11.9. The molecule has 0 bridgehead atoms. The summed E-state index contributed by atoms with van der Waals surface area (Å²) < 4.78 is -0.452. The fourth-order valence-electron chi connectivity index (χ4n) is 1.74. The summed E-state index contributed by atoms with van der Waals surface area (Å²) in [5.74, 6) is 0.391. The van der Waals surface area contributed by atoms with Crippen molar-refractivity contribution in [2.45, 2.75) is 31.1 Å². The highest BCUT2D eigenvalue weighted by molar-refractivity contribution is 8.01. The van der Waals surface area contributed by atoms with Gasteiger partial charge in [-0.25, -0.2) is 0 Å². The van der Waals surface area contributed by atoms with E-state index in [-0.39, 0.29) is 11.8 Å². The maximum atomic E-state index is 11.9. The SMILES string of the molecule is CC1(C)SC[C@H](C(=O)NCCc2ccn[nH]2)NC1=O. The second kappa shape index (κ2) is 5.64. The highest BCUT2D eigenvalue weighted by Gasteiger charge is 2.37. The molecule has 0 spiro atoms. The predicted octanol–water partition coefficient (Wildman–Crippen LogP) is 0.0786. The molecule has 104 valence electrons. The Morgan fingerprint density at radius 1 is 1.63 bits per heavy atom. The van der Waals surface area contributed by atoms with Gasteiger partial charge in [0.05, 0.1) is 4.75 Å². The van der Waals surface area contributed by atoms with Gasteiger partial charge >= 0.3 is 0 Å². The van der Waals surface area contributed by atoms with Crippen molar-refractivity contribution in [2.75, 3.05) is 12.3 Å². The van der Waals surface area contributed by atoms with Crippen LogP contribution in [-0.2, 0) is 16.0 Å². The first-order chi connectivity index (χ1) is 8.99. The summed E-state index contributed by atoms with van der Waals surface area (Å²) in [5, 5.41) is 12.3. The van der Waals surface area contributed by atoms with Crippen molar-refractivity contribution >= 4 is 23.6 Å². The van der Waals surface area contributed by atoms with Crippen LogP contribution in [0.2, 0.25) is 0 Å². The van der Waals surface area contributed by atoms with E-state index in [9.17, 15) is 9.59 Å². The van der Waals surface area contributed by atoms with Crippen molar-refractivity contribution in [1.82, 2.24) is 20.8 Å². The van der Waals surface area contributed by atoms with E-state index >= 15 is 0 Å². The van der Waals surface area contributed by atoms with Crippen LogP contribution in [0.1, 0.15) is 19.5 Å². The van der Waals surface area contributed by atoms with Gasteiger partial charge in [-0.3, -0.25) is 14.7 Å². The zero-order valence-corrected chi connectivity index (χ0v) is 11.8. The standard InChI is InChI=1S/C12H18N4O2S/c1-12(2)11(18)15-9(7-19-12)10(17)13-5-3-8-4-6-14-16-8/h4,6,9H,3,5,7H2,1-2H3,(H,13,17)(H,14,16)(H,15,18)/t9-/m1/s1. The fourth-order valence-corrected chi connectivity index (χ4v) is 2.75. The van der Waals surface area contributed by atoms with E-state index in [4.69, 9.17) is 0 Å². The van der Waals surface area contributed by atoms with Crippen LogP contribution in [0, 0.1) is 0 Å². The number of amides is 2. The summed E-state index contributed by atoms with van der Waals surface area (Å²) >= 11 is 1.51. The number of aromatic amines is 1. The number of thioether (sulfide) groups is 1. The van der Waals surface area contributed by atoms with Gasteiger partial charge in [0.2, 0.25) is 11.8 Å². The molecule has 2 heterocycles. The number of nitrogens with one attached hydrogen (secondary N) is 3. The van der Waals surface area contributed by atoms with Gasteiger partial charge in [-0.15, -0.1) is 11.8 Å². The fraction of sp³-hybridized carbons (Fsp3) is 0.583. The van der Waals surface area contributed by atoms with Crippen LogP contribution in [0.4, 0.5) is 0 Å². The van der Waals surface area contributed by atoms with Crippen LogP contribution in [0.25, 0.3) is 0 Å². The highest BCUT2D eigenvalue weighted by Crippen LogP contribution is 2.28. The van der Waals surface area contributed by atoms with Crippen LogP contribution in [-0.4, -0.2) is 45.1 Å². The molecule has 3 N–H and O–H groups in total. The lowest BCUT2D eigenvalue weighted by molar-refractivity contribution is -0.129. The smallest absolute Gasteiger partial charge is 0.243 e. The third-order valence-electron chi connectivity index (χ3n) is 3.03. The number of H-pyrrole nitrogens is 1. The van der Waals surface area contributed by atoms with E-state index < -0.39 is 10.8 Å². The van der Waals surface area contributed by atoms with Crippen LogP contribution >= 0.6 is 11.8 Å². The van der Waals surface area contributed by atoms with Gasteiger partial charge in [-0.05, 0) is 19.9 Å². The molecular formula is C12H18N4O2S. The molecule has 1 saturated heterocycles. The van der Waals surface area contributed by atoms with Crippen molar-refractivity contribution in [1.29, 1.82) is 0 Å². The molecule has 0 unspecified atom stereocenters. The lowest BCUT2D eigenvalue weighted by Crippen LogP contribution is -2.57. The molecule has 0 radical (unpaired) electrons. The Hall–Kier alpha value is -1.50. The number of carbonyl (C=O) groups excluding carboxylic acids is 2. The van der Waals surface area contributed by atoms with Crippen LogP contribution in [0.5, 0.6) is 0 Å². The first-order valence-electron chi connectivity index (χ1n) is 6.20. The minimum absolute atomic E-state index is 0.0857. The average Bonchev–Trinajstić information content (AvgIpc) is 2.85. The van der Waals surface area contributed by atoms with Gasteiger partial charge in [0, 0.05) is 30.6 Å². The maximum Gasteiger partial charge on any atom is 0.243 e. The number of nitrogens with zero attached hydrogens (tertiary/aromatic N) is 1. The Bertz CT molecular complexity index is 458.